The highest BCUT2D eigenvalue weighted by molar-refractivity contribution is 6.12. The van der Waals surface area contributed by atoms with Crippen LogP contribution in [0.25, 0.3) is 5.70 Å². The number of benzene rings is 1. The number of aromatic hydroxyl groups is 1. The lowest BCUT2D eigenvalue weighted by Crippen LogP contribution is -2.62. The molecule has 184 valence electrons. The van der Waals surface area contributed by atoms with Gasteiger partial charge in [0.15, 0.2) is 0 Å². The Balaban J connectivity index is 1.94. The quantitative estimate of drug-likeness (QED) is 0.532. The van der Waals surface area contributed by atoms with Crippen LogP contribution < -0.4 is 5.32 Å². The van der Waals surface area contributed by atoms with E-state index in [4.69, 9.17) is 5.10 Å². The molecule has 2 aliphatic rings. The van der Waals surface area contributed by atoms with Gasteiger partial charge in [-0.15, -0.1) is 10.2 Å². The molecule has 0 bridgehead atoms. The van der Waals surface area contributed by atoms with Crippen LogP contribution in [0.2, 0.25) is 0 Å². The van der Waals surface area contributed by atoms with E-state index in [2.05, 4.69) is 68.1 Å². The number of piperidine rings is 1. The summed E-state index contributed by atoms with van der Waals surface area (Å²) in [5.41, 5.74) is 4.44. The van der Waals surface area contributed by atoms with Crippen molar-refractivity contribution in [3.63, 3.8) is 0 Å². The summed E-state index contributed by atoms with van der Waals surface area (Å²) in [4.78, 5) is 6.71. The minimum atomic E-state index is 0.0605. The van der Waals surface area contributed by atoms with Crippen LogP contribution in [0.3, 0.4) is 0 Å². The van der Waals surface area contributed by atoms with Crippen molar-refractivity contribution in [1.82, 2.24) is 10.2 Å². The van der Waals surface area contributed by atoms with Crippen LogP contribution in [-0.2, 0) is 0 Å². The third-order valence-electron chi connectivity index (χ3n) is 6.69. The fraction of sp³-hybridized carbons (Fsp3) is 0.536. The van der Waals surface area contributed by atoms with E-state index in [0.717, 1.165) is 42.8 Å². The molecule has 2 N–H and O–H groups in total. The number of nitrogens with zero attached hydrogens (tertiary/aromatic N) is 4. The highest BCUT2D eigenvalue weighted by Gasteiger charge is 2.40. The Morgan fingerprint density at radius 1 is 1.18 bits per heavy atom. The third-order valence-corrected chi connectivity index (χ3v) is 6.69. The molecule has 0 atom stereocenters. The summed E-state index contributed by atoms with van der Waals surface area (Å²) in [5, 5.41) is 23.9. The second kappa shape index (κ2) is 10.3. The van der Waals surface area contributed by atoms with Gasteiger partial charge in [0, 0.05) is 47.9 Å². The number of allylic oxidation sites excluding steroid dienone is 2. The molecule has 6 heteroatoms. The third kappa shape index (κ3) is 6.03. The molecule has 6 nitrogen and oxygen atoms in total. The predicted octanol–water partition coefficient (Wildman–Crippen LogP) is 5.93. The molecule has 0 aliphatic carbocycles. The van der Waals surface area contributed by atoms with Crippen molar-refractivity contribution in [3.05, 3.63) is 47.1 Å². The van der Waals surface area contributed by atoms with Crippen LogP contribution in [0.4, 0.5) is 0 Å². The minimum Gasteiger partial charge on any atom is -0.507 e. The van der Waals surface area contributed by atoms with E-state index in [-0.39, 0.29) is 16.8 Å². The van der Waals surface area contributed by atoms with E-state index in [1.54, 1.807) is 12.3 Å². The van der Waals surface area contributed by atoms with Gasteiger partial charge in [-0.25, -0.2) is 0 Å². The van der Waals surface area contributed by atoms with Gasteiger partial charge in [-0.2, -0.15) is 0 Å². The van der Waals surface area contributed by atoms with Crippen LogP contribution in [0.1, 0.15) is 85.3 Å². The molecular formula is C28H41N5O. The van der Waals surface area contributed by atoms with Gasteiger partial charge in [-0.3, -0.25) is 4.99 Å². The van der Waals surface area contributed by atoms with Gasteiger partial charge in [-0.1, -0.05) is 24.6 Å². The fourth-order valence-corrected chi connectivity index (χ4v) is 5.29. The fourth-order valence-electron chi connectivity index (χ4n) is 5.29. The Morgan fingerprint density at radius 3 is 2.41 bits per heavy atom. The van der Waals surface area contributed by atoms with Gasteiger partial charge >= 0.3 is 0 Å². The van der Waals surface area contributed by atoms with E-state index in [0.29, 0.717) is 17.3 Å². The molecule has 0 saturated carbocycles. The number of phenolic OH excluding ortho intramolecular Hbond substituents is 1. The molecule has 1 fully saturated rings. The highest BCUT2D eigenvalue weighted by atomic mass is 16.3. The summed E-state index contributed by atoms with van der Waals surface area (Å²) >= 11 is 0. The summed E-state index contributed by atoms with van der Waals surface area (Å²) in [5.74, 6) is 1.16. The Bertz CT molecular complexity index is 1040. The van der Waals surface area contributed by atoms with Crippen LogP contribution in [0.5, 0.6) is 5.75 Å². The molecule has 0 unspecified atom stereocenters. The first kappa shape index (κ1) is 25.9. The van der Waals surface area contributed by atoms with Crippen molar-refractivity contribution in [1.29, 1.82) is 0 Å². The monoisotopic (exact) mass is 463 g/mol. The molecule has 0 spiro atoms. The topological polar surface area (TPSA) is 72.6 Å². The SMILES string of the molecule is CC=N/C(=C\C)c1ccc(C2=NN=C(N(C)C3CC(C)(C)NC(C)(C)C3)CC(CC)=C2)c(O)c1. The number of amidine groups is 1. The Morgan fingerprint density at radius 2 is 1.85 bits per heavy atom. The maximum atomic E-state index is 10.8. The average Bonchev–Trinajstić information content (AvgIpc) is 2.97. The maximum Gasteiger partial charge on any atom is 0.131 e. The van der Waals surface area contributed by atoms with Crippen LogP contribution in [0.15, 0.2) is 51.1 Å². The lowest BCUT2D eigenvalue weighted by Gasteiger charge is -2.49. The largest absolute Gasteiger partial charge is 0.507 e. The molecule has 1 saturated heterocycles. The minimum absolute atomic E-state index is 0.0605. The van der Waals surface area contributed by atoms with E-state index in [1.807, 2.05) is 32.1 Å². The number of nitrogens with one attached hydrogen (secondary N) is 1. The zero-order chi connectivity index (χ0) is 25.1. The normalized spacial score (nSPS) is 21.1. The van der Waals surface area contributed by atoms with Gasteiger partial charge in [-0.05, 0) is 79.0 Å². The molecule has 3 rings (SSSR count). The molecule has 0 amide bonds. The van der Waals surface area contributed by atoms with Gasteiger partial charge in [0.1, 0.15) is 11.6 Å². The molecular weight excluding hydrogens is 422 g/mol. The lowest BCUT2D eigenvalue weighted by atomic mass is 9.79. The summed E-state index contributed by atoms with van der Waals surface area (Å²) in [6.07, 6.45) is 9.52. The van der Waals surface area contributed by atoms with Gasteiger partial charge in [0.25, 0.3) is 0 Å². The summed E-state index contributed by atoms with van der Waals surface area (Å²) in [7, 11) is 2.15. The smallest absolute Gasteiger partial charge is 0.131 e. The number of rotatable bonds is 5. The van der Waals surface area contributed by atoms with Crippen molar-refractivity contribution in [3.8, 4) is 5.75 Å². The second-order valence-electron chi connectivity index (χ2n) is 10.7. The van der Waals surface area contributed by atoms with E-state index in [1.165, 1.54) is 5.57 Å². The van der Waals surface area contributed by atoms with Gasteiger partial charge in [0.05, 0.1) is 11.4 Å². The number of aliphatic imine (C=N–C) groups is 1. The van der Waals surface area contributed by atoms with Crippen molar-refractivity contribution < 1.29 is 5.11 Å². The van der Waals surface area contributed by atoms with Crippen LogP contribution in [-0.4, -0.2) is 51.9 Å². The van der Waals surface area contributed by atoms with Crippen molar-refractivity contribution in [2.75, 3.05) is 7.05 Å². The molecule has 0 aromatic heterocycles. The molecule has 34 heavy (non-hydrogen) atoms. The predicted molar refractivity (Wildman–Crippen MR) is 145 cm³/mol. The van der Waals surface area contributed by atoms with Crippen LogP contribution in [0, 0.1) is 0 Å². The Hall–Kier alpha value is -2.73. The zero-order valence-electron chi connectivity index (χ0n) is 22.1. The number of phenols is 1. The zero-order valence-corrected chi connectivity index (χ0v) is 22.1. The maximum absolute atomic E-state index is 10.8. The van der Waals surface area contributed by atoms with Crippen LogP contribution >= 0.6 is 0 Å². The molecule has 2 aliphatic heterocycles. The lowest BCUT2D eigenvalue weighted by molar-refractivity contribution is 0.113. The highest BCUT2D eigenvalue weighted by Crippen LogP contribution is 2.32. The first-order valence-corrected chi connectivity index (χ1v) is 12.3. The first-order valence-electron chi connectivity index (χ1n) is 12.3. The van der Waals surface area contributed by atoms with E-state index < -0.39 is 0 Å². The Kier molecular flexibility index (Phi) is 7.81. The first-order chi connectivity index (χ1) is 16.0. The molecule has 1 aromatic rings. The second-order valence-corrected chi connectivity index (χ2v) is 10.7. The summed E-state index contributed by atoms with van der Waals surface area (Å²) < 4.78 is 0. The summed E-state index contributed by atoms with van der Waals surface area (Å²) in [6.45, 7) is 15.1. The van der Waals surface area contributed by atoms with E-state index in [9.17, 15) is 5.11 Å². The molecule has 0 radical (unpaired) electrons. The molecule has 1 aromatic carbocycles. The molecule has 2 heterocycles. The standard InChI is InChI=1S/C28H41N5O/c1-9-19-14-24(22-13-12-20(16-25(22)34)23(10-2)29-11-3)30-31-26(15-19)33(8)21-17-27(4,5)32-28(6,7)18-21/h10-14,16,21,32,34H,9,15,17-18H2,1-8H3/b23-10-,29-11?. The van der Waals surface area contributed by atoms with Gasteiger partial charge < -0.3 is 15.3 Å². The van der Waals surface area contributed by atoms with Crippen molar-refractivity contribution in [2.45, 2.75) is 91.3 Å². The van der Waals surface area contributed by atoms with E-state index >= 15 is 0 Å². The summed E-state index contributed by atoms with van der Waals surface area (Å²) in [6, 6.07) is 6.01. The van der Waals surface area contributed by atoms with Crippen molar-refractivity contribution in [2.24, 2.45) is 15.2 Å². The number of hydrogen-bond acceptors (Lipinski definition) is 6. The Labute approximate surface area is 205 Å². The number of hydrogen-bond donors (Lipinski definition) is 2. The van der Waals surface area contributed by atoms with Gasteiger partial charge in [0.2, 0.25) is 0 Å². The average molecular weight is 464 g/mol. The van der Waals surface area contributed by atoms with Crippen molar-refractivity contribution >= 4 is 23.5 Å².